The van der Waals surface area contributed by atoms with Gasteiger partial charge in [0.1, 0.15) is 11.4 Å². The van der Waals surface area contributed by atoms with Crippen LogP contribution in [-0.2, 0) is 10.0 Å². The van der Waals surface area contributed by atoms with Crippen molar-refractivity contribution < 1.29 is 17.6 Å². The van der Waals surface area contributed by atoms with Crippen LogP contribution in [0.5, 0.6) is 5.75 Å². The van der Waals surface area contributed by atoms with Crippen molar-refractivity contribution in [1.29, 1.82) is 0 Å². The maximum absolute atomic E-state index is 11.9. The molecule has 0 atom stereocenters. The molecule has 6 nitrogen and oxygen atoms in total. The molecule has 0 spiro atoms. The van der Waals surface area contributed by atoms with Crippen LogP contribution in [0.3, 0.4) is 0 Å². The Balaban J connectivity index is 2.24. The number of hydrogen-bond acceptors (Lipinski definition) is 5. The number of halogens is 1. The third-order valence-electron chi connectivity index (χ3n) is 3.60. The second kappa shape index (κ2) is 6.51. The average molecular weight is 379 g/mol. The first-order chi connectivity index (χ1) is 11.8. The summed E-state index contributed by atoms with van der Waals surface area (Å²) in [5.41, 5.74) is 1.48. The summed E-state index contributed by atoms with van der Waals surface area (Å²) in [6, 6.07) is 11.5. The van der Waals surface area contributed by atoms with Crippen molar-refractivity contribution in [1.82, 2.24) is 4.98 Å². The third kappa shape index (κ3) is 3.39. The molecule has 25 heavy (non-hydrogen) atoms. The zero-order valence-electron chi connectivity index (χ0n) is 13.5. The molecule has 0 aliphatic carbocycles. The summed E-state index contributed by atoms with van der Waals surface area (Å²) in [6.07, 6.45) is 0. The van der Waals surface area contributed by atoms with Crippen LogP contribution < -0.4 is 9.88 Å². The minimum absolute atomic E-state index is 0.0352. The number of primary sulfonamides is 1. The molecule has 0 aliphatic rings. The highest BCUT2D eigenvalue weighted by molar-refractivity contribution is 7.89. The number of rotatable bonds is 4. The Labute approximate surface area is 150 Å². The van der Waals surface area contributed by atoms with E-state index in [0.29, 0.717) is 39.2 Å². The second-order valence-electron chi connectivity index (χ2n) is 5.30. The molecule has 8 heteroatoms. The Bertz CT molecular complexity index is 1040. The van der Waals surface area contributed by atoms with Gasteiger partial charge in [-0.25, -0.2) is 18.5 Å². The fourth-order valence-electron chi connectivity index (χ4n) is 2.52. The molecule has 1 heterocycles. The lowest BCUT2D eigenvalue weighted by molar-refractivity contribution is 0.415. The van der Waals surface area contributed by atoms with Gasteiger partial charge in [-0.05, 0) is 30.3 Å². The number of benzene rings is 2. The van der Waals surface area contributed by atoms with Crippen LogP contribution >= 0.6 is 11.6 Å². The van der Waals surface area contributed by atoms with E-state index in [1.165, 1.54) is 13.2 Å². The molecule has 1 aromatic heterocycles. The summed E-state index contributed by atoms with van der Waals surface area (Å²) in [5.74, 6) is 1.22. The number of aromatic nitrogens is 1. The zero-order valence-corrected chi connectivity index (χ0v) is 15.1. The van der Waals surface area contributed by atoms with Crippen molar-refractivity contribution in [2.75, 3.05) is 7.11 Å². The van der Waals surface area contributed by atoms with Crippen LogP contribution in [0.4, 0.5) is 0 Å². The Morgan fingerprint density at radius 1 is 1.20 bits per heavy atom. The van der Waals surface area contributed by atoms with E-state index in [0.717, 1.165) is 0 Å². The number of aryl methyl sites for hydroxylation is 1. The van der Waals surface area contributed by atoms with Crippen molar-refractivity contribution in [3.8, 4) is 28.3 Å². The normalized spacial score (nSPS) is 11.5. The Hall–Kier alpha value is -2.35. The lowest BCUT2D eigenvalue weighted by Gasteiger charge is -2.08. The molecule has 3 rings (SSSR count). The molecule has 2 aromatic carbocycles. The standard InChI is InChI=1S/C17H15ClN2O4S/c1-10-20-16(11-7-8-14(23-2)13(18)9-11)17(24-10)12-5-3-4-6-15(12)25(19,21)22/h3-9H,1-2H3,(H2,19,21,22). The Morgan fingerprint density at radius 2 is 1.92 bits per heavy atom. The van der Waals surface area contributed by atoms with Gasteiger partial charge in [-0.3, -0.25) is 0 Å². The highest BCUT2D eigenvalue weighted by Crippen LogP contribution is 2.38. The Kier molecular flexibility index (Phi) is 4.55. The van der Waals surface area contributed by atoms with Crippen molar-refractivity contribution in [2.24, 2.45) is 5.14 Å². The highest BCUT2D eigenvalue weighted by Gasteiger charge is 2.22. The first-order valence-corrected chi connectivity index (χ1v) is 9.17. The van der Waals surface area contributed by atoms with E-state index in [1.807, 2.05) is 0 Å². The number of ether oxygens (including phenoxy) is 1. The summed E-state index contributed by atoms with van der Waals surface area (Å²) in [7, 11) is -2.40. The zero-order chi connectivity index (χ0) is 18.2. The molecule has 0 amide bonds. The molecule has 0 aliphatic heterocycles. The topological polar surface area (TPSA) is 95.4 Å². The van der Waals surface area contributed by atoms with Gasteiger partial charge in [-0.15, -0.1) is 0 Å². The summed E-state index contributed by atoms with van der Waals surface area (Å²) in [5, 5.41) is 5.73. The number of nitrogens with zero attached hydrogens (tertiary/aromatic N) is 1. The van der Waals surface area contributed by atoms with Crippen LogP contribution in [0.2, 0.25) is 5.02 Å². The van der Waals surface area contributed by atoms with E-state index >= 15 is 0 Å². The van der Waals surface area contributed by atoms with Crippen molar-refractivity contribution in [3.05, 3.63) is 53.4 Å². The fraction of sp³-hybridized carbons (Fsp3) is 0.118. The average Bonchev–Trinajstić information content (AvgIpc) is 2.96. The molecule has 130 valence electrons. The molecule has 0 radical (unpaired) electrons. The van der Waals surface area contributed by atoms with Crippen LogP contribution in [0.1, 0.15) is 5.89 Å². The van der Waals surface area contributed by atoms with E-state index in [-0.39, 0.29) is 4.90 Å². The van der Waals surface area contributed by atoms with E-state index in [9.17, 15) is 8.42 Å². The van der Waals surface area contributed by atoms with Gasteiger partial charge >= 0.3 is 0 Å². The maximum atomic E-state index is 11.9. The molecule has 0 bridgehead atoms. The van der Waals surface area contributed by atoms with Gasteiger partial charge in [-0.2, -0.15) is 0 Å². The van der Waals surface area contributed by atoms with Crippen LogP contribution in [0.25, 0.3) is 22.6 Å². The predicted octanol–water partition coefficient (Wildman–Crippen LogP) is 3.63. The molecule has 0 fully saturated rings. The molecule has 0 unspecified atom stereocenters. The van der Waals surface area contributed by atoms with E-state index in [2.05, 4.69) is 4.98 Å². The lowest BCUT2D eigenvalue weighted by atomic mass is 10.1. The number of oxazole rings is 1. The van der Waals surface area contributed by atoms with Gasteiger partial charge < -0.3 is 9.15 Å². The van der Waals surface area contributed by atoms with E-state index in [1.54, 1.807) is 43.3 Å². The van der Waals surface area contributed by atoms with Gasteiger partial charge in [0.15, 0.2) is 11.7 Å². The molecule has 2 N–H and O–H groups in total. The molecule has 3 aromatic rings. The highest BCUT2D eigenvalue weighted by atomic mass is 35.5. The first kappa shape index (κ1) is 17.5. The molecular weight excluding hydrogens is 364 g/mol. The molecular formula is C17H15ClN2O4S. The number of methoxy groups -OCH3 is 1. The van der Waals surface area contributed by atoms with Crippen LogP contribution in [0.15, 0.2) is 51.8 Å². The number of hydrogen-bond donors (Lipinski definition) is 1. The number of sulfonamides is 1. The van der Waals surface area contributed by atoms with Gasteiger partial charge in [0, 0.05) is 18.1 Å². The van der Waals surface area contributed by atoms with Gasteiger partial charge in [0.25, 0.3) is 0 Å². The van der Waals surface area contributed by atoms with Crippen molar-refractivity contribution >= 4 is 21.6 Å². The van der Waals surface area contributed by atoms with Crippen LogP contribution in [0, 0.1) is 6.92 Å². The fourth-order valence-corrected chi connectivity index (χ4v) is 3.51. The largest absolute Gasteiger partial charge is 0.495 e. The minimum Gasteiger partial charge on any atom is -0.495 e. The predicted molar refractivity (Wildman–Crippen MR) is 95.0 cm³/mol. The quantitative estimate of drug-likeness (QED) is 0.747. The van der Waals surface area contributed by atoms with Gasteiger partial charge in [-0.1, -0.05) is 23.7 Å². The van der Waals surface area contributed by atoms with Crippen LogP contribution in [-0.4, -0.2) is 20.5 Å². The Morgan fingerprint density at radius 3 is 2.56 bits per heavy atom. The van der Waals surface area contributed by atoms with E-state index < -0.39 is 10.0 Å². The van der Waals surface area contributed by atoms with Crippen molar-refractivity contribution in [3.63, 3.8) is 0 Å². The maximum Gasteiger partial charge on any atom is 0.238 e. The SMILES string of the molecule is COc1ccc(-c2nc(C)oc2-c2ccccc2S(N)(=O)=O)cc1Cl. The summed E-state index contributed by atoms with van der Waals surface area (Å²) >= 11 is 6.19. The lowest BCUT2D eigenvalue weighted by Crippen LogP contribution is -2.13. The summed E-state index contributed by atoms with van der Waals surface area (Å²) < 4.78 is 34.6. The second-order valence-corrected chi connectivity index (χ2v) is 7.24. The van der Waals surface area contributed by atoms with Gasteiger partial charge in [0.05, 0.1) is 17.0 Å². The minimum atomic E-state index is -3.92. The van der Waals surface area contributed by atoms with E-state index in [4.69, 9.17) is 25.9 Å². The summed E-state index contributed by atoms with van der Waals surface area (Å²) in [4.78, 5) is 4.34. The van der Waals surface area contributed by atoms with Gasteiger partial charge in [0.2, 0.25) is 10.0 Å². The third-order valence-corrected chi connectivity index (χ3v) is 4.86. The number of nitrogens with two attached hydrogens (primary N) is 1. The summed E-state index contributed by atoms with van der Waals surface area (Å²) in [6.45, 7) is 1.68. The van der Waals surface area contributed by atoms with Crippen molar-refractivity contribution in [2.45, 2.75) is 11.8 Å². The molecule has 0 saturated heterocycles. The molecule has 0 saturated carbocycles. The first-order valence-electron chi connectivity index (χ1n) is 7.25. The monoisotopic (exact) mass is 378 g/mol. The smallest absolute Gasteiger partial charge is 0.238 e.